The van der Waals surface area contributed by atoms with E-state index in [9.17, 15) is 0 Å². The van der Waals surface area contributed by atoms with Gasteiger partial charge in [0.05, 0.1) is 0 Å². The summed E-state index contributed by atoms with van der Waals surface area (Å²) in [4.78, 5) is 0. The molecule has 70 valence electrons. The Bertz CT molecular complexity index is 435. The molecule has 0 saturated carbocycles. The van der Waals surface area contributed by atoms with Crippen molar-refractivity contribution in [3.63, 3.8) is 0 Å². The zero-order valence-corrected chi connectivity index (χ0v) is 8.02. The van der Waals surface area contributed by atoms with Gasteiger partial charge in [-0.15, -0.1) is 5.10 Å². The molecule has 0 aliphatic heterocycles. The van der Waals surface area contributed by atoms with E-state index < -0.39 is 0 Å². The minimum Gasteiger partial charge on any atom is -0.200 e. The Morgan fingerprint density at radius 1 is 1.46 bits per heavy atom. The summed E-state index contributed by atoms with van der Waals surface area (Å²) in [6, 6.07) is 2.07. The Morgan fingerprint density at radius 2 is 2.23 bits per heavy atom. The van der Waals surface area contributed by atoms with Crippen molar-refractivity contribution in [2.24, 2.45) is 0 Å². The third-order valence-electron chi connectivity index (χ3n) is 2.28. The van der Waals surface area contributed by atoms with Gasteiger partial charge in [0.1, 0.15) is 0 Å². The van der Waals surface area contributed by atoms with E-state index in [0.717, 1.165) is 5.65 Å². The fourth-order valence-corrected chi connectivity index (χ4v) is 1.57. The van der Waals surface area contributed by atoms with Crippen molar-refractivity contribution in [2.75, 3.05) is 0 Å². The normalized spacial score (nSPS) is 11.4. The molecule has 2 rings (SSSR count). The topological polar surface area (TPSA) is 43.1 Å². The van der Waals surface area contributed by atoms with Gasteiger partial charge in [0.2, 0.25) is 0 Å². The van der Waals surface area contributed by atoms with Crippen molar-refractivity contribution >= 4 is 5.65 Å². The molecule has 0 amide bonds. The average molecular weight is 179 g/mol. The standard InChI is InChI=1S/C9H12N4.H2/c1-6(2)8-4-5-13-9(7(8)3)10-11-12-13;/h4-6H,1-3H3;1H/i;1+1. The Kier molecular flexibility index (Phi) is 1.76. The van der Waals surface area contributed by atoms with E-state index in [1.807, 2.05) is 6.20 Å². The molecule has 0 aliphatic rings. The van der Waals surface area contributed by atoms with Crippen LogP contribution in [0, 0.1) is 6.92 Å². The van der Waals surface area contributed by atoms with Gasteiger partial charge in [-0.05, 0) is 40.5 Å². The largest absolute Gasteiger partial charge is 0.200 e. The minimum absolute atomic E-state index is 0. The van der Waals surface area contributed by atoms with Crippen LogP contribution in [0.1, 0.15) is 32.3 Å². The van der Waals surface area contributed by atoms with Crippen LogP contribution in [0.3, 0.4) is 0 Å². The van der Waals surface area contributed by atoms with Crippen LogP contribution >= 0.6 is 0 Å². The fraction of sp³-hybridized carbons (Fsp3) is 0.444. The van der Waals surface area contributed by atoms with Crippen LogP contribution in [0.5, 0.6) is 0 Å². The monoisotopic (exact) mass is 179 g/mol. The number of hydrogen-bond donors (Lipinski definition) is 0. The van der Waals surface area contributed by atoms with Crippen LogP contribution in [-0.2, 0) is 0 Å². The molecule has 0 radical (unpaired) electrons. The molecule has 0 unspecified atom stereocenters. The molecule has 13 heavy (non-hydrogen) atoms. The van der Waals surface area contributed by atoms with Crippen molar-refractivity contribution < 1.29 is 1.43 Å². The maximum absolute atomic E-state index is 3.96. The van der Waals surface area contributed by atoms with Crippen molar-refractivity contribution in [1.29, 1.82) is 0 Å². The first-order valence-corrected chi connectivity index (χ1v) is 4.37. The smallest absolute Gasteiger partial charge is 0.182 e. The molecule has 0 N–H and O–H groups in total. The summed E-state index contributed by atoms with van der Waals surface area (Å²) in [6.45, 7) is 6.40. The highest BCUT2D eigenvalue weighted by Crippen LogP contribution is 2.20. The highest BCUT2D eigenvalue weighted by molar-refractivity contribution is 5.49. The Balaban J connectivity index is 0.000000980. The first kappa shape index (κ1) is 8.16. The van der Waals surface area contributed by atoms with Crippen molar-refractivity contribution in [3.8, 4) is 0 Å². The van der Waals surface area contributed by atoms with Crippen LogP contribution in [0.25, 0.3) is 5.65 Å². The molecule has 0 spiro atoms. The second-order valence-electron chi connectivity index (χ2n) is 3.50. The van der Waals surface area contributed by atoms with Crippen molar-refractivity contribution in [1.82, 2.24) is 20.0 Å². The molecule has 4 heteroatoms. The van der Waals surface area contributed by atoms with Crippen LogP contribution in [0.15, 0.2) is 12.3 Å². The van der Waals surface area contributed by atoms with E-state index in [0.29, 0.717) is 5.92 Å². The molecule has 0 saturated heterocycles. The second-order valence-corrected chi connectivity index (χ2v) is 3.50. The zero-order valence-electron chi connectivity index (χ0n) is 8.02. The molecule has 0 bridgehead atoms. The predicted molar refractivity (Wildman–Crippen MR) is 51.7 cm³/mol. The Morgan fingerprint density at radius 3 is 2.92 bits per heavy atom. The van der Waals surface area contributed by atoms with E-state index in [-0.39, 0.29) is 1.43 Å². The van der Waals surface area contributed by atoms with Gasteiger partial charge in [-0.2, -0.15) is 0 Å². The van der Waals surface area contributed by atoms with Gasteiger partial charge in [0, 0.05) is 7.62 Å². The number of tetrazole rings is 1. The van der Waals surface area contributed by atoms with Crippen LogP contribution < -0.4 is 0 Å². The van der Waals surface area contributed by atoms with Crippen LogP contribution in [-0.4, -0.2) is 20.0 Å². The number of hydrogen-bond acceptors (Lipinski definition) is 3. The van der Waals surface area contributed by atoms with Crippen molar-refractivity contribution in [3.05, 3.63) is 23.4 Å². The first-order valence-electron chi connectivity index (χ1n) is 4.37. The number of rotatable bonds is 1. The number of aryl methyl sites for hydroxylation is 1. The van der Waals surface area contributed by atoms with Gasteiger partial charge < -0.3 is 0 Å². The number of nitrogens with zero attached hydrogens (tertiary/aromatic N) is 4. The fourth-order valence-electron chi connectivity index (χ4n) is 1.57. The van der Waals surface area contributed by atoms with Crippen LogP contribution in [0.2, 0.25) is 0 Å². The molecule has 2 heterocycles. The van der Waals surface area contributed by atoms with Gasteiger partial charge in [0.15, 0.2) is 5.65 Å². The zero-order chi connectivity index (χ0) is 9.42. The van der Waals surface area contributed by atoms with E-state index in [2.05, 4.69) is 42.4 Å². The molecule has 0 aromatic carbocycles. The molecule has 0 atom stereocenters. The molecule has 4 nitrogen and oxygen atoms in total. The van der Waals surface area contributed by atoms with E-state index in [1.165, 1.54) is 11.1 Å². The molecule has 2 aromatic rings. The van der Waals surface area contributed by atoms with E-state index in [4.69, 9.17) is 0 Å². The summed E-state index contributed by atoms with van der Waals surface area (Å²) in [5.74, 6) is 0.515. The van der Waals surface area contributed by atoms with E-state index >= 15 is 0 Å². The lowest BCUT2D eigenvalue weighted by Crippen LogP contribution is -1.97. The first-order chi connectivity index (χ1) is 6.20. The molecule has 0 aliphatic carbocycles. The lowest BCUT2D eigenvalue weighted by atomic mass is 10.00. The third-order valence-corrected chi connectivity index (χ3v) is 2.28. The molecular formula is C9H14N4. The summed E-state index contributed by atoms with van der Waals surface area (Å²) in [6.07, 6.45) is 1.90. The van der Waals surface area contributed by atoms with Gasteiger partial charge in [0.25, 0.3) is 0 Å². The summed E-state index contributed by atoms with van der Waals surface area (Å²) in [7, 11) is 0. The summed E-state index contributed by atoms with van der Waals surface area (Å²) >= 11 is 0. The quantitative estimate of drug-likeness (QED) is 0.670. The lowest BCUT2D eigenvalue weighted by Gasteiger charge is -2.08. The van der Waals surface area contributed by atoms with Gasteiger partial charge >= 0.3 is 0 Å². The number of fused-ring (bicyclic) bond motifs is 1. The third kappa shape index (κ3) is 1.18. The second kappa shape index (κ2) is 2.80. The molecule has 0 fully saturated rings. The molecular weight excluding hydrogens is 164 g/mol. The van der Waals surface area contributed by atoms with Gasteiger partial charge in [-0.25, -0.2) is 4.52 Å². The summed E-state index contributed by atoms with van der Waals surface area (Å²) in [5, 5.41) is 11.4. The molecule has 2 aromatic heterocycles. The van der Waals surface area contributed by atoms with E-state index in [1.54, 1.807) is 4.52 Å². The lowest BCUT2D eigenvalue weighted by molar-refractivity contribution is 0.811. The number of aromatic nitrogens is 4. The minimum atomic E-state index is 0. The van der Waals surface area contributed by atoms with Crippen LogP contribution in [0.4, 0.5) is 0 Å². The van der Waals surface area contributed by atoms with Crippen molar-refractivity contribution in [2.45, 2.75) is 26.7 Å². The number of pyridine rings is 1. The average Bonchev–Trinajstić information content (AvgIpc) is 2.52. The Labute approximate surface area is 78.1 Å². The van der Waals surface area contributed by atoms with Gasteiger partial charge in [-0.3, -0.25) is 0 Å². The highest BCUT2D eigenvalue weighted by Gasteiger charge is 2.08. The predicted octanol–water partition coefficient (Wildman–Crippen LogP) is 1.80. The van der Waals surface area contributed by atoms with Gasteiger partial charge in [-0.1, -0.05) is 13.8 Å². The maximum Gasteiger partial charge on any atom is 0.182 e. The maximum atomic E-state index is 3.96. The SMILES string of the molecule is Cc1c(C(C)C)ccn2nnnc12.[2HH]. The summed E-state index contributed by atoms with van der Waals surface area (Å²) < 4.78 is 1.70. The highest BCUT2D eigenvalue weighted by atomic mass is 15.5. The summed E-state index contributed by atoms with van der Waals surface area (Å²) in [5.41, 5.74) is 3.33. The Hall–Kier alpha value is -1.45.